The lowest BCUT2D eigenvalue weighted by atomic mass is 9.99. The number of oxime groups is 1. The molecule has 0 aliphatic carbocycles. The van der Waals surface area contributed by atoms with Crippen molar-refractivity contribution >= 4 is 28.0 Å². The first-order chi connectivity index (χ1) is 17.0. The van der Waals surface area contributed by atoms with Crippen molar-refractivity contribution in [3.63, 3.8) is 0 Å². The number of H-pyrrole nitrogens is 1. The number of aliphatic hydroxyl groups excluding tert-OH is 4. The van der Waals surface area contributed by atoms with Crippen LogP contribution in [0.5, 0.6) is 5.88 Å². The summed E-state index contributed by atoms with van der Waals surface area (Å²) in [6.07, 6.45) is -6.79. The summed E-state index contributed by atoms with van der Waals surface area (Å²) >= 11 is 0. The normalized spacial score (nSPS) is 27.3. The Morgan fingerprint density at radius 2 is 1.74 bits per heavy atom. The number of aromatic amines is 1. The minimum atomic E-state index is -1.52. The van der Waals surface area contributed by atoms with Gasteiger partial charge in [-0.15, -0.1) is 0 Å². The Bertz CT molecular complexity index is 1270. The zero-order valence-corrected chi connectivity index (χ0v) is 18.5. The van der Waals surface area contributed by atoms with Gasteiger partial charge in [-0.05, 0) is 12.1 Å². The van der Waals surface area contributed by atoms with E-state index in [2.05, 4.69) is 15.1 Å². The van der Waals surface area contributed by atoms with Gasteiger partial charge in [-0.25, -0.2) is 4.99 Å². The van der Waals surface area contributed by atoms with Gasteiger partial charge in [0.25, 0.3) is 0 Å². The van der Waals surface area contributed by atoms with Gasteiger partial charge in [-0.2, -0.15) is 0 Å². The molecule has 3 aromatic rings. The number of nitrogens with zero attached hydrogens (tertiary/aromatic N) is 2. The van der Waals surface area contributed by atoms with Crippen molar-refractivity contribution in [1.82, 2.24) is 4.98 Å². The number of para-hydroxylation sites is 2. The highest BCUT2D eigenvalue weighted by atomic mass is 16.7. The standard InChI is InChI=1S/C24H25N3O8/c28-11-16-20(29)21(30)22(31)24(35-16)33-9-10-34-27-18-13-6-2-4-8-15(13)25-19(18)17-12-5-1-3-7-14(12)26-23(17)32/h1-8,16,20-22,24,26,28-32H,9-11H2/b27-18-/t16-,20+,21+,22-,24?/m1/s1. The molecule has 1 unspecified atom stereocenters. The maximum atomic E-state index is 10.6. The molecule has 1 aromatic heterocycles. The van der Waals surface area contributed by atoms with Crippen LogP contribution < -0.4 is 0 Å². The van der Waals surface area contributed by atoms with Gasteiger partial charge < -0.3 is 44.8 Å². The Balaban J connectivity index is 1.31. The summed E-state index contributed by atoms with van der Waals surface area (Å²) in [5, 5.41) is 54.7. The molecule has 3 heterocycles. The summed E-state index contributed by atoms with van der Waals surface area (Å²) in [6.45, 7) is -0.642. The molecule has 2 aliphatic heterocycles. The molecule has 0 bridgehead atoms. The highest BCUT2D eigenvalue weighted by molar-refractivity contribution is 6.58. The number of nitrogens with one attached hydrogen (secondary N) is 1. The lowest BCUT2D eigenvalue weighted by molar-refractivity contribution is -0.302. The van der Waals surface area contributed by atoms with Crippen LogP contribution in [0.1, 0.15) is 11.1 Å². The third-order valence-corrected chi connectivity index (χ3v) is 6.00. The molecule has 2 aliphatic rings. The lowest BCUT2D eigenvalue weighted by Gasteiger charge is -2.39. The van der Waals surface area contributed by atoms with Gasteiger partial charge in [0.2, 0.25) is 0 Å². The number of hydrogen-bond donors (Lipinski definition) is 6. The molecule has 0 amide bonds. The number of aliphatic hydroxyl groups is 4. The topological polar surface area (TPSA) is 169 Å². The predicted octanol–water partition coefficient (Wildman–Crippen LogP) is 0.545. The van der Waals surface area contributed by atoms with Gasteiger partial charge in [0.15, 0.2) is 12.2 Å². The highest BCUT2D eigenvalue weighted by Crippen LogP contribution is 2.35. The quantitative estimate of drug-likeness (QED) is 0.209. The Morgan fingerprint density at radius 1 is 0.971 bits per heavy atom. The van der Waals surface area contributed by atoms with E-state index >= 15 is 0 Å². The number of fused-ring (bicyclic) bond motifs is 2. The zero-order chi connectivity index (χ0) is 24.5. The molecule has 5 rings (SSSR count). The van der Waals surface area contributed by atoms with Crippen molar-refractivity contribution in [2.75, 3.05) is 19.8 Å². The Labute approximate surface area is 199 Å². The van der Waals surface area contributed by atoms with Crippen LogP contribution >= 0.6 is 0 Å². The van der Waals surface area contributed by atoms with Crippen molar-refractivity contribution < 1.29 is 39.8 Å². The molecule has 1 fully saturated rings. The summed E-state index contributed by atoms with van der Waals surface area (Å²) in [6, 6.07) is 14.9. The van der Waals surface area contributed by atoms with Gasteiger partial charge in [0.1, 0.15) is 42.4 Å². The first kappa shape index (κ1) is 23.4. The first-order valence-electron chi connectivity index (χ1n) is 11.1. The molecule has 1 saturated heterocycles. The minimum absolute atomic E-state index is 0.0311. The van der Waals surface area contributed by atoms with E-state index in [0.29, 0.717) is 22.7 Å². The number of benzene rings is 2. The third-order valence-electron chi connectivity index (χ3n) is 6.00. The molecule has 35 heavy (non-hydrogen) atoms. The molecular weight excluding hydrogens is 458 g/mol. The number of aliphatic imine (C=N–C) groups is 1. The molecule has 2 aromatic carbocycles. The molecule has 11 heteroatoms. The molecule has 0 radical (unpaired) electrons. The lowest BCUT2D eigenvalue weighted by Crippen LogP contribution is -2.59. The average molecular weight is 483 g/mol. The summed E-state index contributed by atoms with van der Waals surface area (Å²) < 4.78 is 10.7. The van der Waals surface area contributed by atoms with E-state index in [1.54, 1.807) is 0 Å². The van der Waals surface area contributed by atoms with Crippen LogP contribution in [-0.4, -0.2) is 92.5 Å². The second-order valence-electron chi connectivity index (χ2n) is 8.21. The molecule has 0 spiro atoms. The van der Waals surface area contributed by atoms with E-state index in [9.17, 15) is 25.5 Å². The molecule has 0 saturated carbocycles. The Kier molecular flexibility index (Phi) is 6.52. The number of rotatable bonds is 7. The maximum Gasteiger partial charge on any atom is 0.199 e. The van der Waals surface area contributed by atoms with E-state index < -0.39 is 37.3 Å². The van der Waals surface area contributed by atoms with E-state index in [4.69, 9.17) is 14.3 Å². The van der Waals surface area contributed by atoms with Crippen molar-refractivity contribution in [2.45, 2.75) is 30.7 Å². The van der Waals surface area contributed by atoms with Crippen LogP contribution in [0.3, 0.4) is 0 Å². The second kappa shape index (κ2) is 9.74. The van der Waals surface area contributed by atoms with Crippen LogP contribution in [0.4, 0.5) is 5.69 Å². The second-order valence-corrected chi connectivity index (χ2v) is 8.21. The third kappa shape index (κ3) is 4.29. The van der Waals surface area contributed by atoms with Crippen LogP contribution in [0.25, 0.3) is 10.9 Å². The van der Waals surface area contributed by atoms with Crippen LogP contribution in [0.2, 0.25) is 0 Å². The Hall–Kier alpha value is -3.32. The summed E-state index contributed by atoms with van der Waals surface area (Å²) in [5.41, 5.74) is 3.59. The summed E-state index contributed by atoms with van der Waals surface area (Å²) in [7, 11) is 0. The van der Waals surface area contributed by atoms with Crippen molar-refractivity contribution in [3.8, 4) is 5.88 Å². The van der Waals surface area contributed by atoms with Gasteiger partial charge in [0.05, 0.1) is 24.5 Å². The number of ether oxygens (including phenoxy) is 2. The minimum Gasteiger partial charge on any atom is -0.494 e. The first-order valence-corrected chi connectivity index (χ1v) is 11.1. The zero-order valence-electron chi connectivity index (χ0n) is 18.5. The summed E-state index contributed by atoms with van der Waals surface area (Å²) in [5.74, 6) is -0.0311. The smallest absolute Gasteiger partial charge is 0.199 e. The average Bonchev–Trinajstić information content (AvgIpc) is 3.39. The number of aromatic hydroxyl groups is 1. The van der Waals surface area contributed by atoms with Crippen molar-refractivity contribution in [3.05, 3.63) is 59.7 Å². The molecule has 184 valence electrons. The van der Waals surface area contributed by atoms with Gasteiger partial charge in [-0.3, -0.25) is 0 Å². The van der Waals surface area contributed by atoms with Crippen LogP contribution in [0.15, 0.2) is 58.7 Å². The fraction of sp³-hybridized carbons (Fsp3) is 0.333. The SMILES string of the molecule is OC[C@H]1OC(OCCO/N=C2\C(c3c(O)[nH]c4ccccc34)=Nc3ccccc32)[C@H](O)[C@@H](O)[C@H]1O. The van der Waals surface area contributed by atoms with Gasteiger partial charge in [-0.1, -0.05) is 41.6 Å². The largest absolute Gasteiger partial charge is 0.494 e. The number of hydrogen-bond acceptors (Lipinski definition) is 10. The molecule has 11 nitrogen and oxygen atoms in total. The van der Waals surface area contributed by atoms with Crippen molar-refractivity contribution in [1.29, 1.82) is 0 Å². The van der Waals surface area contributed by atoms with Crippen LogP contribution in [-0.2, 0) is 14.3 Å². The fourth-order valence-corrected chi connectivity index (χ4v) is 4.22. The van der Waals surface area contributed by atoms with E-state index in [0.717, 1.165) is 16.5 Å². The van der Waals surface area contributed by atoms with E-state index in [-0.39, 0.29) is 19.1 Å². The van der Waals surface area contributed by atoms with Gasteiger partial charge in [0, 0.05) is 16.5 Å². The summed E-state index contributed by atoms with van der Waals surface area (Å²) in [4.78, 5) is 13.1. The molecular formula is C24H25N3O8. The highest BCUT2D eigenvalue weighted by Gasteiger charge is 2.44. The fourth-order valence-electron chi connectivity index (χ4n) is 4.22. The van der Waals surface area contributed by atoms with E-state index in [1.165, 1.54) is 0 Å². The van der Waals surface area contributed by atoms with Crippen LogP contribution in [0, 0.1) is 0 Å². The molecule has 5 atom stereocenters. The van der Waals surface area contributed by atoms with E-state index in [1.807, 2.05) is 48.5 Å². The van der Waals surface area contributed by atoms with Gasteiger partial charge >= 0.3 is 0 Å². The predicted molar refractivity (Wildman–Crippen MR) is 125 cm³/mol. The number of aromatic nitrogens is 1. The monoisotopic (exact) mass is 483 g/mol. The van der Waals surface area contributed by atoms with Crippen molar-refractivity contribution in [2.24, 2.45) is 10.1 Å². The molecule has 6 N–H and O–H groups in total. The Morgan fingerprint density at radius 3 is 2.57 bits per heavy atom. The maximum absolute atomic E-state index is 10.6.